The molecule has 1 aliphatic heterocycles. The standard InChI is InChI=1S/C11H12BrNO4S/c12-6-8-4-11(14)13(7-8)9-2-1-3-10(5-9)18(15,16)17/h1-3,5,8H,4,6-7H2,(H,15,16,17). The van der Waals surface area contributed by atoms with Crippen molar-refractivity contribution in [2.75, 3.05) is 16.8 Å². The van der Waals surface area contributed by atoms with Gasteiger partial charge < -0.3 is 4.90 Å². The number of carbonyl (C=O) groups is 1. The molecule has 1 aromatic carbocycles. The fourth-order valence-electron chi connectivity index (χ4n) is 1.95. The summed E-state index contributed by atoms with van der Waals surface area (Å²) in [6.07, 6.45) is 0.446. The van der Waals surface area contributed by atoms with Gasteiger partial charge in [0.2, 0.25) is 5.91 Å². The maximum absolute atomic E-state index is 11.8. The second-order valence-corrected chi connectivity index (χ2v) is 6.27. The van der Waals surface area contributed by atoms with Crippen LogP contribution in [0.15, 0.2) is 29.2 Å². The van der Waals surface area contributed by atoms with Crippen molar-refractivity contribution in [1.29, 1.82) is 0 Å². The second-order valence-electron chi connectivity index (χ2n) is 4.20. The third-order valence-corrected chi connectivity index (χ3v) is 4.62. The molecule has 0 aromatic heterocycles. The molecular weight excluding hydrogens is 322 g/mol. The molecule has 1 atom stereocenters. The Kier molecular flexibility index (Phi) is 3.74. The summed E-state index contributed by atoms with van der Waals surface area (Å²) in [5, 5.41) is 0.729. The number of hydrogen-bond acceptors (Lipinski definition) is 3. The Balaban J connectivity index is 2.32. The fourth-order valence-corrected chi connectivity index (χ4v) is 2.90. The van der Waals surface area contributed by atoms with Gasteiger partial charge in [0.25, 0.3) is 10.1 Å². The highest BCUT2D eigenvalue weighted by molar-refractivity contribution is 9.09. The molecule has 1 N–H and O–H groups in total. The number of anilines is 1. The van der Waals surface area contributed by atoms with Crippen LogP contribution >= 0.6 is 15.9 Å². The Morgan fingerprint density at radius 1 is 1.44 bits per heavy atom. The van der Waals surface area contributed by atoms with Gasteiger partial charge in [-0.05, 0) is 24.1 Å². The molecule has 0 radical (unpaired) electrons. The van der Waals surface area contributed by atoms with Crippen LogP contribution in [-0.4, -0.2) is 30.8 Å². The molecule has 0 saturated carbocycles. The molecule has 1 heterocycles. The van der Waals surface area contributed by atoms with E-state index in [0.717, 1.165) is 5.33 Å². The maximum Gasteiger partial charge on any atom is 0.294 e. The summed E-state index contributed by atoms with van der Waals surface area (Å²) in [4.78, 5) is 13.1. The summed E-state index contributed by atoms with van der Waals surface area (Å²) >= 11 is 3.34. The molecule has 0 spiro atoms. The first-order valence-electron chi connectivity index (χ1n) is 5.35. The Hall–Kier alpha value is -0.920. The fraction of sp³-hybridized carbons (Fsp3) is 0.364. The second kappa shape index (κ2) is 4.99. The molecule has 0 aliphatic carbocycles. The van der Waals surface area contributed by atoms with Crippen LogP contribution in [0.5, 0.6) is 0 Å². The summed E-state index contributed by atoms with van der Waals surface area (Å²) in [6, 6.07) is 5.77. The highest BCUT2D eigenvalue weighted by Gasteiger charge is 2.30. The van der Waals surface area contributed by atoms with Crippen LogP contribution in [0, 0.1) is 5.92 Å². The van der Waals surface area contributed by atoms with Gasteiger partial charge in [-0.1, -0.05) is 22.0 Å². The van der Waals surface area contributed by atoms with E-state index >= 15 is 0 Å². The minimum atomic E-state index is -4.24. The first kappa shape index (κ1) is 13.5. The van der Waals surface area contributed by atoms with Crippen LogP contribution in [0.4, 0.5) is 5.69 Å². The zero-order chi connectivity index (χ0) is 13.3. The molecule has 1 saturated heterocycles. The Morgan fingerprint density at radius 3 is 2.72 bits per heavy atom. The molecule has 1 fully saturated rings. The van der Waals surface area contributed by atoms with Crippen molar-refractivity contribution in [3.05, 3.63) is 24.3 Å². The number of nitrogens with zero attached hydrogens (tertiary/aromatic N) is 1. The number of rotatable bonds is 3. The molecule has 1 unspecified atom stereocenters. The molecule has 2 rings (SSSR count). The molecule has 7 heteroatoms. The lowest BCUT2D eigenvalue weighted by Crippen LogP contribution is -2.24. The topological polar surface area (TPSA) is 74.7 Å². The number of benzene rings is 1. The van der Waals surface area contributed by atoms with Crippen molar-refractivity contribution in [3.8, 4) is 0 Å². The van der Waals surface area contributed by atoms with Crippen molar-refractivity contribution >= 4 is 37.6 Å². The summed E-state index contributed by atoms with van der Waals surface area (Å²) < 4.78 is 31.1. The van der Waals surface area contributed by atoms with Gasteiger partial charge in [0.15, 0.2) is 0 Å². The quantitative estimate of drug-likeness (QED) is 0.674. The maximum atomic E-state index is 11.8. The zero-order valence-electron chi connectivity index (χ0n) is 9.41. The van der Waals surface area contributed by atoms with E-state index in [9.17, 15) is 13.2 Å². The van der Waals surface area contributed by atoms with Gasteiger partial charge in [0.1, 0.15) is 0 Å². The molecule has 98 valence electrons. The molecule has 1 aromatic rings. The molecule has 5 nitrogen and oxygen atoms in total. The van der Waals surface area contributed by atoms with E-state index in [1.54, 1.807) is 11.0 Å². The number of alkyl halides is 1. The highest BCUT2D eigenvalue weighted by Crippen LogP contribution is 2.27. The van der Waals surface area contributed by atoms with E-state index in [1.807, 2.05) is 0 Å². The zero-order valence-corrected chi connectivity index (χ0v) is 11.8. The number of amides is 1. The predicted octanol–water partition coefficient (Wildman–Crippen LogP) is 1.68. The van der Waals surface area contributed by atoms with Crippen molar-refractivity contribution < 1.29 is 17.8 Å². The normalized spacial score (nSPS) is 20.4. The Bertz CT molecular complexity index is 572. The van der Waals surface area contributed by atoms with E-state index in [2.05, 4.69) is 15.9 Å². The first-order chi connectivity index (χ1) is 8.41. The van der Waals surface area contributed by atoms with Crippen LogP contribution in [0.2, 0.25) is 0 Å². The predicted molar refractivity (Wildman–Crippen MR) is 70.5 cm³/mol. The van der Waals surface area contributed by atoms with Gasteiger partial charge in [0, 0.05) is 24.0 Å². The van der Waals surface area contributed by atoms with Crippen molar-refractivity contribution in [3.63, 3.8) is 0 Å². The van der Waals surface area contributed by atoms with Crippen LogP contribution in [0.3, 0.4) is 0 Å². The Labute approximate surface area is 114 Å². The summed E-state index contributed by atoms with van der Waals surface area (Å²) in [7, 11) is -4.24. The van der Waals surface area contributed by atoms with Crippen LogP contribution < -0.4 is 4.90 Å². The van der Waals surface area contributed by atoms with E-state index < -0.39 is 10.1 Å². The summed E-state index contributed by atoms with van der Waals surface area (Å²) in [5.74, 6) is 0.193. The van der Waals surface area contributed by atoms with Gasteiger partial charge in [0.05, 0.1) is 4.90 Å². The SMILES string of the molecule is O=C1CC(CBr)CN1c1cccc(S(=O)(=O)O)c1. The molecule has 0 bridgehead atoms. The first-order valence-corrected chi connectivity index (χ1v) is 7.92. The number of hydrogen-bond donors (Lipinski definition) is 1. The molecule has 1 amide bonds. The largest absolute Gasteiger partial charge is 0.312 e. The Morgan fingerprint density at radius 2 is 2.17 bits per heavy atom. The van der Waals surface area contributed by atoms with E-state index in [1.165, 1.54) is 18.2 Å². The summed E-state index contributed by atoms with van der Waals surface area (Å²) in [5.41, 5.74) is 0.499. The van der Waals surface area contributed by atoms with Gasteiger partial charge in [-0.25, -0.2) is 0 Å². The minimum Gasteiger partial charge on any atom is -0.312 e. The highest BCUT2D eigenvalue weighted by atomic mass is 79.9. The van der Waals surface area contributed by atoms with Gasteiger partial charge in [-0.15, -0.1) is 0 Å². The number of carbonyl (C=O) groups excluding carboxylic acids is 1. The number of halogens is 1. The van der Waals surface area contributed by atoms with Crippen LogP contribution in [0.25, 0.3) is 0 Å². The smallest absolute Gasteiger partial charge is 0.294 e. The lowest BCUT2D eigenvalue weighted by molar-refractivity contribution is -0.117. The monoisotopic (exact) mass is 333 g/mol. The summed E-state index contributed by atoms with van der Waals surface area (Å²) in [6.45, 7) is 0.555. The molecular formula is C11H12BrNO4S. The average molecular weight is 334 g/mol. The van der Waals surface area contributed by atoms with Gasteiger partial charge in [-0.2, -0.15) is 8.42 Å². The average Bonchev–Trinajstić information content (AvgIpc) is 2.70. The van der Waals surface area contributed by atoms with Gasteiger partial charge in [-0.3, -0.25) is 9.35 Å². The third-order valence-electron chi connectivity index (χ3n) is 2.85. The van der Waals surface area contributed by atoms with E-state index in [-0.39, 0.29) is 16.7 Å². The van der Waals surface area contributed by atoms with Crippen molar-refractivity contribution in [2.24, 2.45) is 5.92 Å². The van der Waals surface area contributed by atoms with E-state index in [4.69, 9.17) is 4.55 Å². The van der Waals surface area contributed by atoms with Crippen LogP contribution in [-0.2, 0) is 14.9 Å². The van der Waals surface area contributed by atoms with Crippen molar-refractivity contribution in [1.82, 2.24) is 0 Å². The third kappa shape index (κ3) is 2.73. The molecule has 1 aliphatic rings. The lowest BCUT2D eigenvalue weighted by Gasteiger charge is -2.16. The van der Waals surface area contributed by atoms with Gasteiger partial charge >= 0.3 is 0 Å². The van der Waals surface area contributed by atoms with Crippen molar-refractivity contribution in [2.45, 2.75) is 11.3 Å². The molecule has 18 heavy (non-hydrogen) atoms. The van der Waals surface area contributed by atoms with Crippen LogP contribution in [0.1, 0.15) is 6.42 Å². The minimum absolute atomic E-state index is 0.0352. The van der Waals surface area contributed by atoms with E-state index in [0.29, 0.717) is 18.7 Å². The lowest BCUT2D eigenvalue weighted by atomic mass is 10.2.